The van der Waals surface area contributed by atoms with Crippen LogP contribution in [-0.4, -0.2) is 7.11 Å². The summed E-state index contributed by atoms with van der Waals surface area (Å²) in [6.07, 6.45) is 0. The topological polar surface area (TPSA) is 9.23 Å². The van der Waals surface area contributed by atoms with E-state index in [1.54, 1.807) is 7.11 Å². The Morgan fingerprint density at radius 2 is 1.92 bits per heavy atom. The molecule has 62 valence electrons. The molecule has 0 fully saturated rings. The van der Waals surface area contributed by atoms with Gasteiger partial charge in [0.2, 0.25) is 0 Å². The van der Waals surface area contributed by atoms with E-state index in [2.05, 4.69) is 11.2 Å². The van der Waals surface area contributed by atoms with Crippen molar-refractivity contribution in [3.05, 3.63) is 24.3 Å². The summed E-state index contributed by atoms with van der Waals surface area (Å²) in [5, 5.41) is 2.93. The molecule has 0 aliphatic carbocycles. The molecule has 0 radical (unpaired) electrons. The first-order chi connectivity index (χ1) is 5.86. The zero-order valence-corrected chi connectivity index (χ0v) is 7.94. The Hall–Kier alpha value is -1.07. The molecule has 0 atom stereocenters. The Labute approximate surface area is 77.1 Å². The molecule has 0 heterocycles. The van der Waals surface area contributed by atoms with Crippen molar-refractivity contribution in [3.8, 4) is 16.9 Å². The van der Waals surface area contributed by atoms with Gasteiger partial charge in [0.05, 0.1) is 7.11 Å². The Bertz CT molecular complexity index is 292. The smallest absolute Gasteiger partial charge is 0.118 e. The summed E-state index contributed by atoms with van der Waals surface area (Å²) in [6.45, 7) is 1.83. The normalized spacial score (nSPS) is 8.50. The lowest BCUT2D eigenvalue weighted by Crippen LogP contribution is -1.80. The minimum atomic E-state index is 0.879. The molecule has 0 aliphatic rings. The van der Waals surface area contributed by atoms with Gasteiger partial charge in [-0.05, 0) is 48.2 Å². The number of thioether (sulfide) groups is 1. The quantitative estimate of drug-likeness (QED) is 0.508. The van der Waals surface area contributed by atoms with E-state index in [0.29, 0.717) is 0 Å². The van der Waals surface area contributed by atoms with Gasteiger partial charge in [-0.25, -0.2) is 0 Å². The lowest BCUT2D eigenvalue weighted by atomic mass is 10.3. The van der Waals surface area contributed by atoms with E-state index in [9.17, 15) is 0 Å². The van der Waals surface area contributed by atoms with Crippen LogP contribution in [0.25, 0.3) is 0 Å². The Kier molecular flexibility index (Phi) is 3.56. The maximum absolute atomic E-state index is 5.03. The van der Waals surface area contributed by atoms with Gasteiger partial charge in [0.25, 0.3) is 0 Å². The molecule has 0 bridgehead atoms. The van der Waals surface area contributed by atoms with Crippen LogP contribution in [0.3, 0.4) is 0 Å². The van der Waals surface area contributed by atoms with E-state index in [1.807, 2.05) is 31.2 Å². The van der Waals surface area contributed by atoms with Crippen molar-refractivity contribution in [2.24, 2.45) is 0 Å². The summed E-state index contributed by atoms with van der Waals surface area (Å²) in [4.78, 5) is 1.14. The molecular weight excluding hydrogens is 168 g/mol. The summed E-state index contributed by atoms with van der Waals surface area (Å²) in [7, 11) is 1.66. The summed E-state index contributed by atoms with van der Waals surface area (Å²) >= 11 is 1.52. The van der Waals surface area contributed by atoms with Crippen molar-refractivity contribution >= 4 is 11.8 Å². The molecule has 12 heavy (non-hydrogen) atoms. The van der Waals surface area contributed by atoms with Gasteiger partial charge in [-0.3, -0.25) is 0 Å². The molecule has 0 saturated carbocycles. The Morgan fingerprint density at radius 1 is 1.25 bits per heavy atom. The SMILES string of the molecule is CC#CSc1ccc(OC)cc1. The number of methoxy groups -OCH3 is 1. The van der Waals surface area contributed by atoms with Crippen molar-refractivity contribution in [1.82, 2.24) is 0 Å². The predicted octanol–water partition coefficient (Wildman–Crippen LogP) is 2.77. The molecule has 0 amide bonds. The molecule has 0 aromatic heterocycles. The van der Waals surface area contributed by atoms with Crippen LogP contribution in [0.15, 0.2) is 29.2 Å². The second kappa shape index (κ2) is 4.74. The fourth-order valence-electron chi connectivity index (χ4n) is 0.754. The lowest BCUT2D eigenvalue weighted by molar-refractivity contribution is 0.414. The van der Waals surface area contributed by atoms with E-state index in [1.165, 1.54) is 11.8 Å². The molecule has 0 saturated heterocycles. The number of benzene rings is 1. The lowest BCUT2D eigenvalue weighted by Gasteiger charge is -1.98. The maximum atomic E-state index is 5.03. The number of hydrogen-bond donors (Lipinski definition) is 0. The van der Waals surface area contributed by atoms with Gasteiger partial charge in [0, 0.05) is 4.90 Å². The Morgan fingerprint density at radius 3 is 2.42 bits per heavy atom. The van der Waals surface area contributed by atoms with Gasteiger partial charge in [-0.1, -0.05) is 5.92 Å². The van der Waals surface area contributed by atoms with Crippen molar-refractivity contribution < 1.29 is 4.74 Å². The van der Waals surface area contributed by atoms with Gasteiger partial charge in [0.15, 0.2) is 0 Å². The molecule has 1 aromatic rings. The van der Waals surface area contributed by atoms with Gasteiger partial charge in [0.1, 0.15) is 5.75 Å². The molecule has 1 rings (SSSR count). The fourth-order valence-corrected chi connectivity index (χ4v) is 1.25. The van der Waals surface area contributed by atoms with Crippen LogP contribution in [0.1, 0.15) is 6.92 Å². The third kappa shape index (κ3) is 2.52. The van der Waals surface area contributed by atoms with E-state index in [0.717, 1.165) is 10.6 Å². The van der Waals surface area contributed by atoms with E-state index < -0.39 is 0 Å². The number of hydrogen-bond acceptors (Lipinski definition) is 2. The highest BCUT2D eigenvalue weighted by atomic mass is 32.2. The maximum Gasteiger partial charge on any atom is 0.118 e. The molecule has 1 aromatic carbocycles. The van der Waals surface area contributed by atoms with Crippen LogP contribution in [0.5, 0.6) is 5.75 Å². The number of ether oxygens (including phenoxy) is 1. The molecule has 2 heteroatoms. The molecule has 0 unspecified atom stereocenters. The van der Waals surface area contributed by atoms with E-state index in [4.69, 9.17) is 4.74 Å². The summed E-state index contributed by atoms with van der Waals surface area (Å²) in [5.74, 6) is 3.71. The van der Waals surface area contributed by atoms with Crippen LogP contribution >= 0.6 is 11.8 Å². The third-order valence-corrected chi connectivity index (χ3v) is 2.14. The molecule has 1 nitrogen and oxygen atoms in total. The van der Waals surface area contributed by atoms with Crippen LogP contribution in [0.4, 0.5) is 0 Å². The summed E-state index contributed by atoms with van der Waals surface area (Å²) in [5.41, 5.74) is 0. The Balaban J connectivity index is 2.69. The molecule has 0 aliphatic heterocycles. The molecular formula is C10H10OS. The van der Waals surface area contributed by atoms with Gasteiger partial charge < -0.3 is 4.74 Å². The zero-order chi connectivity index (χ0) is 8.81. The van der Waals surface area contributed by atoms with Crippen molar-refractivity contribution in [1.29, 1.82) is 0 Å². The first kappa shape index (κ1) is 9.02. The number of rotatable bonds is 2. The van der Waals surface area contributed by atoms with E-state index in [-0.39, 0.29) is 0 Å². The summed E-state index contributed by atoms with van der Waals surface area (Å²) < 4.78 is 5.03. The van der Waals surface area contributed by atoms with Crippen molar-refractivity contribution in [2.75, 3.05) is 7.11 Å². The van der Waals surface area contributed by atoms with Gasteiger partial charge >= 0.3 is 0 Å². The average Bonchev–Trinajstić information content (AvgIpc) is 2.15. The van der Waals surface area contributed by atoms with Crippen LogP contribution in [0.2, 0.25) is 0 Å². The monoisotopic (exact) mass is 178 g/mol. The second-order valence-electron chi connectivity index (χ2n) is 2.13. The van der Waals surface area contributed by atoms with Gasteiger partial charge in [-0.2, -0.15) is 0 Å². The van der Waals surface area contributed by atoms with Crippen molar-refractivity contribution in [2.45, 2.75) is 11.8 Å². The minimum absolute atomic E-state index is 0.879. The first-order valence-corrected chi connectivity index (χ1v) is 4.41. The fraction of sp³-hybridized carbons (Fsp3) is 0.200. The molecule has 0 N–H and O–H groups in total. The van der Waals surface area contributed by atoms with Crippen molar-refractivity contribution in [3.63, 3.8) is 0 Å². The predicted molar refractivity (Wildman–Crippen MR) is 52.3 cm³/mol. The van der Waals surface area contributed by atoms with Crippen LogP contribution in [-0.2, 0) is 0 Å². The second-order valence-corrected chi connectivity index (χ2v) is 3.01. The standard InChI is InChI=1S/C10H10OS/c1-3-8-12-10-6-4-9(11-2)5-7-10/h4-7H,1-2H3. The largest absolute Gasteiger partial charge is 0.497 e. The van der Waals surface area contributed by atoms with E-state index >= 15 is 0 Å². The minimum Gasteiger partial charge on any atom is -0.497 e. The van der Waals surface area contributed by atoms with Crippen LogP contribution in [0, 0.1) is 11.2 Å². The first-order valence-electron chi connectivity index (χ1n) is 3.59. The highest BCUT2D eigenvalue weighted by Crippen LogP contribution is 2.19. The average molecular weight is 178 g/mol. The highest BCUT2D eigenvalue weighted by molar-refractivity contribution is 8.03. The van der Waals surface area contributed by atoms with Gasteiger partial charge in [-0.15, -0.1) is 0 Å². The van der Waals surface area contributed by atoms with Crippen LogP contribution < -0.4 is 4.74 Å². The summed E-state index contributed by atoms with van der Waals surface area (Å²) in [6, 6.07) is 7.85. The molecule has 0 spiro atoms. The third-order valence-electron chi connectivity index (χ3n) is 1.33. The highest BCUT2D eigenvalue weighted by Gasteiger charge is 1.91. The zero-order valence-electron chi connectivity index (χ0n) is 7.13.